The highest BCUT2D eigenvalue weighted by Crippen LogP contribution is 2.26. The third kappa shape index (κ3) is 3.27. The first-order chi connectivity index (χ1) is 10.0. The van der Waals surface area contributed by atoms with Crippen LogP contribution in [0.15, 0.2) is 12.3 Å². The van der Waals surface area contributed by atoms with E-state index < -0.39 is 10.9 Å². The quantitative estimate of drug-likeness (QED) is 0.621. The van der Waals surface area contributed by atoms with E-state index >= 15 is 0 Å². The number of aromatic carboxylic acids is 1. The van der Waals surface area contributed by atoms with Crippen molar-refractivity contribution in [1.82, 2.24) is 10.3 Å². The molecule has 0 unspecified atom stereocenters. The van der Waals surface area contributed by atoms with Crippen LogP contribution in [-0.4, -0.2) is 46.7 Å². The topological polar surface area (TPSA) is 109 Å². The fourth-order valence-corrected chi connectivity index (χ4v) is 2.63. The molecule has 1 saturated heterocycles. The molecule has 0 saturated carbocycles. The molecule has 0 spiro atoms. The van der Waals surface area contributed by atoms with Crippen molar-refractivity contribution in [3.8, 4) is 0 Å². The summed E-state index contributed by atoms with van der Waals surface area (Å²) in [5.74, 6) is -0.893. The SMILES string of the molecule is CCN(c1ncc([N+](=O)[O-])cc1C(=O)O)C1CCNCC1. The van der Waals surface area contributed by atoms with Gasteiger partial charge in [0.2, 0.25) is 0 Å². The normalized spacial score (nSPS) is 15.7. The van der Waals surface area contributed by atoms with Crippen molar-refractivity contribution in [1.29, 1.82) is 0 Å². The zero-order valence-electron chi connectivity index (χ0n) is 11.8. The molecule has 0 aliphatic carbocycles. The monoisotopic (exact) mass is 294 g/mol. The number of nitrogens with one attached hydrogen (secondary N) is 1. The van der Waals surface area contributed by atoms with Gasteiger partial charge in [0.25, 0.3) is 5.69 Å². The van der Waals surface area contributed by atoms with Gasteiger partial charge in [-0.05, 0) is 32.9 Å². The molecule has 8 nitrogen and oxygen atoms in total. The van der Waals surface area contributed by atoms with E-state index in [0.717, 1.165) is 38.2 Å². The van der Waals surface area contributed by atoms with E-state index in [-0.39, 0.29) is 17.3 Å². The fraction of sp³-hybridized carbons (Fsp3) is 0.538. The lowest BCUT2D eigenvalue weighted by atomic mass is 10.0. The largest absolute Gasteiger partial charge is 0.478 e. The maximum Gasteiger partial charge on any atom is 0.339 e. The van der Waals surface area contributed by atoms with Crippen LogP contribution in [0.4, 0.5) is 11.5 Å². The summed E-state index contributed by atoms with van der Waals surface area (Å²) >= 11 is 0. The van der Waals surface area contributed by atoms with Gasteiger partial charge in [0.1, 0.15) is 17.6 Å². The van der Waals surface area contributed by atoms with Crippen LogP contribution < -0.4 is 10.2 Å². The Labute approximate surface area is 121 Å². The Balaban J connectivity index is 2.39. The lowest BCUT2D eigenvalue weighted by Crippen LogP contribution is -2.44. The Kier molecular flexibility index (Phi) is 4.69. The minimum Gasteiger partial charge on any atom is -0.478 e. The predicted molar refractivity (Wildman–Crippen MR) is 76.8 cm³/mol. The summed E-state index contributed by atoms with van der Waals surface area (Å²) in [5.41, 5.74) is -0.429. The molecule has 2 rings (SSSR count). The Morgan fingerprint density at radius 1 is 1.57 bits per heavy atom. The van der Waals surface area contributed by atoms with E-state index in [1.165, 1.54) is 0 Å². The number of carboxylic acids is 1. The number of anilines is 1. The molecule has 1 aromatic rings. The van der Waals surface area contributed by atoms with Gasteiger partial charge >= 0.3 is 5.97 Å². The first-order valence-corrected chi connectivity index (χ1v) is 6.89. The number of hydrogen-bond donors (Lipinski definition) is 2. The van der Waals surface area contributed by atoms with Crippen LogP contribution in [0.25, 0.3) is 0 Å². The third-order valence-corrected chi connectivity index (χ3v) is 3.66. The second-order valence-electron chi connectivity index (χ2n) is 4.89. The summed E-state index contributed by atoms with van der Waals surface area (Å²) in [6, 6.07) is 1.28. The molecule has 114 valence electrons. The second kappa shape index (κ2) is 6.49. The molecule has 0 aromatic carbocycles. The van der Waals surface area contributed by atoms with Crippen LogP contribution in [0.2, 0.25) is 0 Å². The second-order valence-corrected chi connectivity index (χ2v) is 4.89. The van der Waals surface area contributed by atoms with Gasteiger partial charge in [-0.3, -0.25) is 10.1 Å². The number of nitro groups is 1. The average molecular weight is 294 g/mol. The summed E-state index contributed by atoms with van der Waals surface area (Å²) in [7, 11) is 0. The maximum absolute atomic E-state index is 11.4. The molecule has 0 radical (unpaired) electrons. The number of piperidine rings is 1. The smallest absolute Gasteiger partial charge is 0.339 e. The number of pyridine rings is 1. The highest BCUT2D eigenvalue weighted by atomic mass is 16.6. The van der Waals surface area contributed by atoms with E-state index in [2.05, 4.69) is 10.3 Å². The minimum absolute atomic E-state index is 0.121. The minimum atomic E-state index is -1.20. The summed E-state index contributed by atoms with van der Waals surface area (Å²) < 4.78 is 0. The predicted octanol–water partition coefficient (Wildman–Crippen LogP) is 1.27. The van der Waals surface area contributed by atoms with Crippen molar-refractivity contribution in [3.05, 3.63) is 27.9 Å². The molecule has 1 fully saturated rings. The van der Waals surface area contributed by atoms with Gasteiger partial charge < -0.3 is 15.3 Å². The van der Waals surface area contributed by atoms with Gasteiger partial charge in [-0.15, -0.1) is 0 Å². The molecule has 2 N–H and O–H groups in total. The number of nitrogens with zero attached hydrogens (tertiary/aromatic N) is 3. The molecule has 0 atom stereocenters. The zero-order chi connectivity index (χ0) is 15.4. The van der Waals surface area contributed by atoms with Gasteiger partial charge in [0, 0.05) is 18.7 Å². The van der Waals surface area contributed by atoms with Gasteiger partial charge in [0.15, 0.2) is 0 Å². The van der Waals surface area contributed by atoms with Crippen LogP contribution in [-0.2, 0) is 0 Å². The molecular weight excluding hydrogens is 276 g/mol. The number of carboxylic acid groups (broad SMARTS) is 1. The van der Waals surface area contributed by atoms with Crippen molar-refractivity contribution in [2.24, 2.45) is 0 Å². The van der Waals surface area contributed by atoms with Gasteiger partial charge in [-0.25, -0.2) is 9.78 Å². The summed E-state index contributed by atoms with van der Waals surface area (Å²) in [6.45, 7) is 4.28. The van der Waals surface area contributed by atoms with E-state index in [1.54, 1.807) is 0 Å². The van der Waals surface area contributed by atoms with Crippen molar-refractivity contribution in [3.63, 3.8) is 0 Å². The molecular formula is C13H18N4O4. The van der Waals surface area contributed by atoms with Crippen molar-refractivity contribution >= 4 is 17.5 Å². The van der Waals surface area contributed by atoms with Gasteiger partial charge in [0.05, 0.1) is 4.92 Å². The maximum atomic E-state index is 11.4. The molecule has 2 heterocycles. The molecule has 1 aromatic heterocycles. The molecule has 1 aliphatic heterocycles. The van der Waals surface area contributed by atoms with Crippen LogP contribution in [0.1, 0.15) is 30.1 Å². The molecule has 0 bridgehead atoms. The highest BCUT2D eigenvalue weighted by molar-refractivity contribution is 5.94. The Bertz CT molecular complexity index is 543. The Hall–Kier alpha value is -2.22. The lowest BCUT2D eigenvalue weighted by Gasteiger charge is -2.35. The van der Waals surface area contributed by atoms with Crippen LogP contribution >= 0.6 is 0 Å². The number of carbonyl (C=O) groups is 1. The van der Waals surface area contributed by atoms with E-state index in [9.17, 15) is 20.0 Å². The standard InChI is InChI=1S/C13H18N4O4/c1-2-16(9-3-5-14-6-4-9)12-11(13(18)19)7-10(8-15-12)17(20)21/h7-9,14H,2-6H2,1H3,(H,18,19). The van der Waals surface area contributed by atoms with E-state index in [4.69, 9.17) is 0 Å². The average Bonchev–Trinajstić information content (AvgIpc) is 2.49. The number of aromatic nitrogens is 1. The fourth-order valence-electron chi connectivity index (χ4n) is 2.63. The summed E-state index contributed by atoms with van der Waals surface area (Å²) in [5, 5.41) is 23.3. The third-order valence-electron chi connectivity index (χ3n) is 3.66. The summed E-state index contributed by atoms with van der Waals surface area (Å²) in [6.07, 6.45) is 2.91. The Morgan fingerprint density at radius 2 is 2.24 bits per heavy atom. The van der Waals surface area contributed by atoms with Gasteiger partial charge in [-0.1, -0.05) is 0 Å². The molecule has 1 aliphatic rings. The van der Waals surface area contributed by atoms with Crippen molar-refractivity contribution in [2.75, 3.05) is 24.5 Å². The van der Waals surface area contributed by atoms with Crippen molar-refractivity contribution in [2.45, 2.75) is 25.8 Å². The molecule has 21 heavy (non-hydrogen) atoms. The number of hydrogen-bond acceptors (Lipinski definition) is 6. The first-order valence-electron chi connectivity index (χ1n) is 6.89. The number of rotatable bonds is 5. The van der Waals surface area contributed by atoms with Crippen LogP contribution in [0, 0.1) is 10.1 Å². The highest BCUT2D eigenvalue weighted by Gasteiger charge is 2.26. The Morgan fingerprint density at radius 3 is 2.76 bits per heavy atom. The van der Waals surface area contributed by atoms with Gasteiger partial charge in [-0.2, -0.15) is 0 Å². The molecule has 8 heteroatoms. The molecule has 0 amide bonds. The van der Waals surface area contributed by atoms with E-state index in [0.29, 0.717) is 12.4 Å². The van der Waals surface area contributed by atoms with Crippen LogP contribution in [0.3, 0.4) is 0 Å². The van der Waals surface area contributed by atoms with Crippen LogP contribution in [0.5, 0.6) is 0 Å². The lowest BCUT2D eigenvalue weighted by molar-refractivity contribution is -0.385. The first kappa shape index (κ1) is 15.2. The zero-order valence-corrected chi connectivity index (χ0v) is 11.8. The summed E-state index contributed by atoms with van der Waals surface area (Å²) in [4.78, 5) is 27.5. The van der Waals surface area contributed by atoms with Crippen molar-refractivity contribution < 1.29 is 14.8 Å². The van der Waals surface area contributed by atoms with E-state index in [1.807, 2.05) is 11.8 Å².